The van der Waals surface area contributed by atoms with E-state index in [1.54, 1.807) is 0 Å². The monoisotopic (exact) mass is 719 g/mol. The first-order valence-electron chi connectivity index (χ1n) is 18.7. The van der Waals surface area contributed by atoms with E-state index in [4.69, 9.17) is 4.42 Å². The van der Waals surface area contributed by atoms with Crippen molar-refractivity contribution in [3.63, 3.8) is 0 Å². The summed E-state index contributed by atoms with van der Waals surface area (Å²) in [6.45, 7) is 0. The largest absolute Gasteiger partial charge is 0.455 e. The normalized spacial score (nSPS) is 11.6. The Morgan fingerprint density at radius 3 is 1.85 bits per heavy atom. The predicted octanol–water partition coefficient (Wildman–Crippen LogP) is 15.6. The molecule has 0 fully saturated rings. The average molecular weight is 720 g/mol. The van der Waals surface area contributed by atoms with Crippen molar-refractivity contribution in [1.82, 2.24) is 0 Å². The number of hydrogen-bond donors (Lipinski definition) is 0. The molecule has 0 amide bonds. The van der Waals surface area contributed by atoms with Crippen molar-refractivity contribution in [3.8, 4) is 33.4 Å². The van der Waals surface area contributed by atoms with Gasteiger partial charge >= 0.3 is 0 Å². The summed E-state index contributed by atoms with van der Waals surface area (Å²) in [7, 11) is 0. The van der Waals surface area contributed by atoms with Crippen LogP contribution in [0.4, 0.5) is 17.1 Å². The molecule has 0 spiro atoms. The Morgan fingerprint density at radius 2 is 1.02 bits per heavy atom. The molecule has 0 saturated heterocycles. The molecular formula is C52H33NOS. The first kappa shape index (κ1) is 31.6. The van der Waals surface area contributed by atoms with Crippen molar-refractivity contribution < 1.29 is 4.42 Å². The number of hydrogen-bond acceptors (Lipinski definition) is 3. The van der Waals surface area contributed by atoms with Crippen molar-refractivity contribution >= 4 is 81.3 Å². The van der Waals surface area contributed by atoms with E-state index in [2.05, 4.69) is 205 Å². The molecule has 0 radical (unpaired) electrons. The Morgan fingerprint density at radius 1 is 0.382 bits per heavy atom. The highest BCUT2D eigenvalue weighted by molar-refractivity contribution is 7.25. The molecule has 11 aromatic rings. The van der Waals surface area contributed by atoms with Crippen molar-refractivity contribution in [3.05, 3.63) is 200 Å². The van der Waals surface area contributed by atoms with Crippen molar-refractivity contribution in [1.29, 1.82) is 0 Å². The minimum atomic E-state index is 0.900. The molecule has 0 unspecified atom stereocenters. The summed E-state index contributed by atoms with van der Waals surface area (Å²) in [5.41, 5.74) is 12.2. The third-order valence-corrected chi connectivity index (χ3v) is 12.0. The topological polar surface area (TPSA) is 16.4 Å². The van der Waals surface area contributed by atoms with Gasteiger partial charge in [0, 0.05) is 53.3 Å². The molecular weight excluding hydrogens is 687 g/mol. The molecule has 0 saturated carbocycles. The van der Waals surface area contributed by atoms with Crippen LogP contribution in [0, 0.1) is 0 Å². The third-order valence-electron chi connectivity index (χ3n) is 10.9. The van der Waals surface area contributed by atoms with Crippen LogP contribution in [0.25, 0.3) is 86.3 Å². The van der Waals surface area contributed by atoms with Crippen LogP contribution in [0.3, 0.4) is 0 Å². The molecule has 9 aromatic carbocycles. The number of nitrogens with zero attached hydrogens (tertiary/aromatic N) is 1. The van der Waals surface area contributed by atoms with Gasteiger partial charge in [0.15, 0.2) is 0 Å². The Kier molecular flexibility index (Phi) is 7.39. The molecule has 0 atom stereocenters. The average Bonchev–Trinajstić information content (AvgIpc) is 3.83. The van der Waals surface area contributed by atoms with Gasteiger partial charge in [0.1, 0.15) is 11.2 Å². The van der Waals surface area contributed by atoms with Crippen molar-refractivity contribution in [2.45, 2.75) is 0 Å². The van der Waals surface area contributed by atoms with Crippen LogP contribution in [0.5, 0.6) is 0 Å². The zero-order valence-corrected chi connectivity index (χ0v) is 30.6. The van der Waals surface area contributed by atoms with Crippen molar-refractivity contribution in [2.75, 3.05) is 4.90 Å². The van der Waals surface area contributed by atoms with E-state index >= 15 is 0 Å². The zero-order chi connectivity index (χ0) is 36.3. The van der Waals surface area contributed by atoms with Crippen LogP contribution < -0.4 is 4.90 Å². The summed E-state index contributed by atoms with van der Waals surface area (Å²) in [4.78, 5) is 2.39. The predicted molar refractivity (Wildman–Crippen MR) is 235 cm³/mol. The van der Waals surface area contributed by atoms with Gasteiger partial charge in [-0.25, -0.2) is 0 Å². The summed E-state index contributed by atoms with van der Waals surface area (Å²) >= 11 is 1.85. The van der Waals surface area contributed by atoms with Crippen LogP contribution in [-0.2, 0) is 0 Å². The lowest BCUT2D eigenvalue weighted by molar-refractivity contribution is 0.673. The van der Waals surface area contributed by atoms with E-state index in [9.17, 15) is 0 Å². The number of anilines is 3. The van der Waals surface area contributed by atoms with Gasteiger partial charge in [0.2, 0.25) is 0 Å². The van der Waals surface area contributed by atoms with E-state index in [-0.39, 0.29) is 0 Å². The van der Waals surface area contributed by atoms with Gasteiger partial charge in [0.05, 0.1) is 5.69 Å². The first-order chi connectivity index (χ1) is 27.3. The Hall–Kier alpha value is -6.94. The van der Waals surface area contributed by atoms with Crippen LogP contribution in [-0.4, -0.2) is 0 Å². The molecule has 0 bridgehead atoms. The van der Waals surface area contributed by atoms with Crippen LogP contribution in [0.15, 0.2) is 205 Å². The fourth-order valence-corrected chi connectivity index (χ4v) is 9.34. The maximum Gasteiger partial charge on any atom is 0.143 e. The second-order valence-electron chi connectivity index (χ2n) is 14.1. The van der Waals surface area contributed by atoms with Gasteiger partial charge in [0.25, 0.3) is 0 Å². The van der Waals surface area contributed by atoms with Crippen LogP contribution in [0.2, 0.25) is 0 Å². The van der Waals surface area contributed by atoms with Crippen LogP contribution >= 0.6 is 11.3 Å². The Labute approximate surface area is 322 Å². The summed E-state index contributed by atoms with van der Waals surface area (Å²) in [6.07, 6.45) is 0. The summed E-state index contributed by atoms with van der Waals surface area (Å²) in [5, 5.41) is 7.20. The second kappa shape index (κ2) is 12.9. The highest BCUT2D eigenvalue weighted by atomic mass is 32.1. The fourth-order valence-electron chi connectivity index (χ4n) is 8.25. The molecule has 0 N–H and O–H groups in total. The van der Waals surface area contributed by atoms with E-state index < -0.39 is 0 Å². The van der Waals surface area contributed by atoms with E-state index in [1.165, 1.54) is 47.8 Å². The van der Waals surface area contributed by atoms with Gasteiger partial charge in [-0.15, -0.1) is 11.3 Å². The molecule has 2 aromatic heterocycles. The van der Waals surface area contributed by atoms with Crippen molar-refractivity contribution in [2.24, 2.45) is 0 Å². The first-order valence-corrected chi connectivity index (χ1v) is 19.5. The Bertz CT molecular complexity index is 3190. The molecule has 0 aliphatic heterocycles. The Balaban J connectivity index is 1.06. The summed E-state index contributed by atoms with van der Waals surface area (Å²) in [6, 6.07) is 72.2. The van der Waals surface area contributed by atoms with Gasteiger partial charge in [-0.05, 0) is 93.9 Å². The number of furan rings is 1. The highest BCUT2D eigenvalue weighted by Crippen LogP contribution is 2.45. The minimum Gasteiger partial charge on any atom is -0.455 e. The molecule has 2 nitrogen and oxygen atoms in total. The van der Waals surface area contributed by atoms with Gasteiger partial charge in [-0.1, -0.05) is 140 Å². The highest BCUT2D eigenvalue weighted by Gasteiger charge is 2.20. The maximum atomic E-state index is 6.54. The fraction of sp³-hybridized carbons (Fsp3) is 0. The summed E-state index contributed by atoms with van der Waals surface area (Å²) < 4.78 is 9.16. The van der Waals surface area contributed by atoms with E-state index in [0.717, 1.165) is 55.5 Å². The van der Waals surface area contributed by atoms with Crippen LogP contribution in [0.1, 0.15) is 0 Å². The van der Waals surface area contributed by atoms with E-state index in [1.807, 2.05) is 11.3 Å². The zero-order valence-electron chi connectivity index (χ0n) is 29.8. The number of fused-ring (bicyclic) bond motifs is 8. The third kappa shape index (κ3) is 5.32. The number of thiophene rings is 1. The standard InChI is InChI=1S/C52H33NOS/c1-2-11-34(12-3-1)35-21-27-39(28-22-35)53(47-18-8-6-14-41(47)38-26-32-50-46(33-38)44-16-7-9-20-49(44)55-50)40-29-23-37(24-30-40)42-17-10-19-48-51(42)45-31-25-36-13-4-5-15-43(36)52(45)54-48/h1-33H. The van der Waals surface area contributed by atoms with Gasteiger partial charge < -0.3 is 9.32 Å². The molecule has 2 heterocycles. The van der Waals surface area contributed by atoms with E-state index in [0.29, 0.717) is 0 Å². The number of para-hydroxylation sites is 1. The molecule has 3 heteroatoms. The second-order valence-corrected chi connectivity index (χ2v) is 15.1. The lowest BCUT2D eigenvalue weighted by Crippen LogP contribution is -2.11. The lowest BCUT2D eigenvalue weighted by Gasteiger charge is -2.28. The maximum absolute atomic E-state index is 6.54. The SMILES string of the molecule is c1ccc(-c2ccc(N(c3ccc(-c4cccc5oc6c7ccccc7ccc6c45)cc3)c3ccccc3-c3ccc4sc5ccccc5c4c3)cc2)cc1. The molecule has 11 rings (SSSR count). The quantitative estimate of drug-likeness (QED) is 0.170. The molecule has 258 valence electrons. The smallest absolute Gasteiger partial charge is 0.143 e. The number of benzene rings is 9. The molecule has 0 aliphatic rings. The molecule has 0 aliphatic carbocycles. The number of rotatable bonds is 6. The van der Waals surface area contributed by atoms with Gasteiger partial charge in [-0.2, -0.15) is 0 Å². The minimum absolute atomic E-state index is 0.900. The van der Waals surface area contributed by atoms with Gasteiger partial charge in [-0.3, -0.25) is 0 Å². The summed E-state index contributed by atoms with van der Waals surface area (Å²) in [5.74, 6) is 0. The lowest BCUT2D eigenvalue weighted by atomic mass is 9.97. The molecule has 55 heavy (non-hydrogen) atoms.